The summed E-state index contributed by atoms with van der Waals surface area (Å²) in [4.78, 5) is 0. The van der Waals surface area contributed by atoms with Gasteiger partial charge >= 0.3 is 0 Å². The van der Waals surface area contributed by atoms with Gasteiger partial charge < -0.3 is 10.1 Å². The van der Waals surface area contributed by atoms with Gasteiger partial charge in [0.25, 0.3) is 0 Å². The number of hydrogen-bond donors (Lipinski definition) is 1. The summed E-state index contributed by atoms with van der Waals surface area (Å²) in [5.74, 6) is 1.77. The quantitative estimate of drug-likeness (QED) is 0.531. The summed E-state index contributed by atoms with van der Waals surface area (Å²) < 4.78 is 5.48. The van der Waals surface area contributed by atoms with Crippen LogP contribution in [0.3, 0.4) is 0 Å². The molecule has 2 nitrogen and oxygen atoms in total. The van der Waals surface area contributed by atoms with Gasteiger partial charge in [-0.3, -0.25) is 0 Å². The molecule has 1 N–H and O–H groups in total. The van der Waals surface area contributed by atoms with Crippen molar-refractivity contribution in [2.45, 2.75) is 45.6 Å². The van der Waals surface area contributed by atoms with E-state index in [2.05, 4.69) is 25.7 Å². The normalized spacial score (nSPS) is 30.2. The summed E-state index contributed by atoms with van der Waals surface area (Å²) >= 11 is 0. The average Bonchev–Trinajstić information content (AvgIpc) is 2.28. The van der Waals surface area contributed by atoms with E-state index < -0.39 is 0 Å². The summed E-state index contributed by atoms with van der Waals surface area (Å²) in [7, 11) is 0. The van der Waals surface area contributed by atoms with Crippen LogP contribution in [0.5, 0.6) is 0 Å². The van der Waals surface area contributed by atoms with Crippen molar-refractivity contribution in [1.82, 2.24) is 5.32 Å². The molecule has 0 saturated heterocycles. The van der Waals surface area contributed by atoms with Crippen molar-refractivity contribution in [2.24, 2.45) is 11.8 Å². The van der Waals surface area contributed by atoms with Gasteiger partial charge in [-0.25, -0.2) is 0 Å². The van der Waals surface area contributed by atoms with Gasteiger partial charge in [0.2, 0.25) is 0 Å². The van der Waals surface area contributed by atoms with Crippen LogP contribution in [0.25, 0.3) is 0 Å². The molecule has 3 unspecified atom stereocenters. The third kappa shape index (κ3) is 5.13. The summed E-state index contributed by atoms with van der Waals surface area (Å²) in [6, 6.07) is 0.717. The molecule has 1 rings (SSSR count). The topological polar surface area (TPSA) is 21.3 Å². The first-order valence-corrected chi connectivity index (χ1v) is 6.66. The van der Waals surface area contributed by atoms with Crippen molar-refractivity contribution in [3.8, 4) is 0 Å². The first kappa shape index (κ1) is 13.7. The van der Waals surface area contributed by atoms with Crippen LogP contribution in [0.2, 0.25) is 0 Å². The maximum atomic E-state index is 5.48. The molecule has 1 fully saturated rings. The lowest BCUT2D eigenvalue weighted by atomic mass is 9.79. The van der Waals surface area contributed by atoms with Crippen LogP contribution in [0.1, 0.15) is 39.5 Å². The zero-order valence-electron chi connectivity index (χ0n) is 10.9. The highest BCUT2D eigenvalue weighted by molar-refractivity contribution is 4.79. The van der Waals surface area contributed by atoms with Crippen LogP contribution in [0.15, 0.2) is 12.7 Å². The molecule has 94 valence electrons. The van der Waals surface area contributed by atoms with Gasteiger partial charge in [-0.15, -0.1) is 6.58 Å². The van der Waals surface area contributed by atoms with E-state index in [1.165, 1.54) is 19.3 Å². The Labute approximate surface area is 100 Å². The molecule has 0 heterocycles. The van der Waals surface area contributed by atoms with Gasteiger partial charge in [-0.2, -0.15) is 0 Å². The van der Waals surface area contributed by atoms with Crippen molar-refractivity contribution < 1.29 is 4.74 Å². The fourth-order valence-corrected chi connectivity index (χ4v) is 2.34. The first-order valence-electron chi connectivity index (χ1n) is 6.66. The van der Waals surface area contributed by atoms with Gasteiger partial charge in [0.05, 0.1) is 13.2 Å². The third-order valence-electron chi connectivity index (χ3n) is 3.74. The maximum Gasteiger partial charge on any atom is 0.0591 e. The zero-order valence-corrected chi connectivity index (χ0v) is 10.9. The van der Waals surface area contributed by atoms with E-state index in [0.717, 1.165) is 38.0 Å². The van der Waals surface area contributed by atoms with Crippen LogP contribution in [-0.2, 0) is 4.74 Å². The minimum absolute atomic E-state index is 0.717. The lowest BCUT2D eigenvalue weighted by Gasteiger charge is -2.32. The Bertz CT molecular complexity index is 193. The Morgan fingerprint density at radius 3 is 2.75 bits per heavy atom. The fraction of sp³-hybridized carbons (Fsp3) is 0.857. The Balaban J connectivity index is 1.99. The minimum atomic E-state index is 0.717. The van der Waals surface area contributed by atoms with E-state index in [1.807, 2.05) is 6.08 Å². The number of hydrogen-bond acceptors (Lipinski definition) is 2. The molecular formula is C14H27NO. The SMILES string of the molecule is C=CCCOCCNC1CCC(C)C(C)C1. The van der Waals surface area contributed by atoms with Crippen LogP contribution >= 0.6 is 0 Å². The average molecular weight is 225 g/mol. The summed E-state index contributed by atoms with van der Waals surface area (Å²) in [6.45, 7) is 11.0. The van der Waals surface area contributed by atoms with E-state index in [0.29, 0.717) is 6.04 Å². The molecule has 1 saturated carbocycles. The lowest BCUT2D eigenvalue weighted by molar-refractivity contribution is 0.132. The van der Waals surface area contributed by atoms with E-state index in [9.17, 15) is 0 Å². The molecule has 0 spiro atoms. The number of rotatable bonds is 7. The second-order valence-electron chi connectivity index (χ2n) is 5.11. The molecule has 1 aliphatic rings. The van der Waals surface area contributed by atoms with Gasteiger partial charge in [0.1, 0.15) is 0 Å². The monoisotopic (exact) mass is 225 g/mol. The maximum absolute atomic E-state index is 5.48. The third-order valence-corrected chi connectivity index (χ3v) is 3.74. The number of nitrogens with one attached hydrogen (secondary N) is 1. The molecular weight excluding hydrogens is 198 g/mol. The van der Waals surface area contributed by atoms with Gasteiger partial charge in [-0.1, -0.05) is 19.9 Å². The van der Waals surface area contributed by atoms with Crippen LogP contribution in [0.4, 0.5) is 0 Å². The highest BCUT2D eigenvalue weighted by atomic mass is 16.5. The van der Waals surface area contributed by atoms with E-state index >= 15 is 0 Å². The van der Waals surface area contributed by atoms with Gasteiger partial charge in [0, 0.05) is 12.6 Å². The summed E-state index contributed by atoms with van der Waals surface area (Å²) in [6.07, 6.45) is 6.89. The van der Waals surface area contributed by atoms with E-state index in [1.54, 1.807) is 0 Å². The molecule has 0 aromatic heterocycles. The summed E-state index contributed by atoms with van der Waals surface area (Å²) in [5.41, 5.74) is 0. The van der Waals surface area contributed by atoms with Crippen molar-refractivity contribution in [3.05, 3.63) is 12.7 Å². The minimum Gasteiger partial charge on any atom is -0.380 e. The second-order valence-corrected chi connectivity index (χ2v) is 5.11. The molecule has 0 aromatic rings. The van der Waals surface area contributed by atoms with E-state index in [-0.39, 0.29) is 0 Å². The molecule has 3 atom stereocenters. The van der Waals surface area contributed by atoms with Crippen molar-refractivity contribution in [3.63, 3.8) is 0 Å². The Morgan fingerprint density at radius 2 is 2.06 bits per heavy atom. The second kappa shape index (κ2) is 7.86. The molecule has 0 amide bonds. The molecule has 1 aliphatic carbocycles. The van der Waals surface area contributed by atoms with Crippen molar-refractivity contribution in [2.75, 3.05) is 19.8 Å². The van der Waals surface area contributed by atoms with Crippen LogP contribution < -0.4 is 5.32 Å². The fourth-order valence-electron chi connectivity index (χ4n) is 2.34. The Hall–Kier alpha value is -0.340. The first-order chi connectivity index (χ1) is 7.74. The van der Waals surface area contributed by atoms with Gasteiger partial charge in [0.15, 0.2) is 0 Å². The zero-order chi connectivity index (χ0) is 11.8. The predicted octanol–water partition coefficient (Wildman–Crippen LogP) is 2.99. The van der Waals surface area contributed by atoms with E-state index in [4.69, 9.17) is 4.74 Å². The predicted molar refractivity (Wildman–Crippen MR) is 69.6 cm³/mol. The van der Waals surface area contributed by atoms with Crippen LogP contribution in [-0.4, -0.2) is 25.8 Å². The Kier molecular flexibility index (Phi) is 6.74. The summed E-state index contributed by atoms with van der Waals surface area (Å²) in [5, 5.41) is 3.60. The number of ether oxygens (including phenoxy) is 1. The molecule has 16 heavy (non-hydrogen) atoms. The lowest BCUT2D eigenvalue weighted by Crippen LogP contribution is -2.37. The van der Waals surface area contributed by atoms with Crippen molar-refractivity contribution >= 4 is 0 Å². The van der Waals surface area contributed by atoms with Crippen LogP contribution in [0, 0.1) is 11.8 Å². The molecule has 2 heteroatoms. The molecule has 0 radical (unpaired) electrons. The standard InChI is InChI=1S/C14H27NO/c1-4-5-9-16-10-8-15-14-7-6-12(2)13(3)11-14/h4,12-15H,1,5-11H2,2-3H3. The molecule has 0 aliphatic heterocycles. The smallest absolute Gasteiger partial charge is 0.0591 e. The highest BCUT2D eigenvalue weighted by Gasteiger charge is 2.23. The van der Waals surface area contributed by atoms with Gasteiger partial charge in [-0.05, 0) is 37.5 Å². The largest absolute Gasteiger partial charge is 0.380 e. The molecule has 0 bridgehead atoms. The molecule has 0 aromatic carbocycles. The Morgan fingerprint density at radius 1 is 1.25 bits per heavy atom. The highest BCUT2D eigenvalue weighted by Crippen LogP contribution is 2.29. The van der Waals surface area contributed by atoms with Crippen molar-refractivity contribution in [1.29, 1.82) is 0 Å².